The minimum Gasteiger partial charge on any atom is -0.478 e. The van der Waals surface area contributed by atoms with Crippen molar-refractivity contribution in [3.8, 4) is 11.5 Å². The van der Waals surface area contributed by atoms with Crippen LogP contribution in [0.25, 0.3) is 6.08 Å². The van der Waals surface area contributed by atoms with E-state index >= 15 is 0 Å². The van der Waals surface area contributed by atoms with Gasteiger partial charge in [-0.2, -0.15) is 0 Å². The zero-order valence-electron chi connectivity index (χ0n) is 16.4. The summed E-state index contributed by atoms with van der Waals surface area (Å²) in [6, 6.07) is 9.88. The molecule has 2 aliphatic rings. The van der Waals surface area contributed by atoms with E-state index < -0.39 is 0 Å². The van der Waals surface area contributed by atoms with Crippen LogP contribution in [-0.2, 0) is 13.0 Å². The van der Waals surface area contributed by atoms with Crippen molar-refractivity contribution in [1.82, 2.24) is 4.90 Å². The average Bonchev–Trinajstić information content (AvgIpc) is 3.43. The fourth-order valence-corrected chi connectivity index (χ4v) is 4.50. The summed E-state index contributed by atoms with van der Waals surface area (Å²) in [5.41, 5.74) is 2.44. The number of ether oxygens (including phenoxy) is 2. The van der Waals surface area contributed by atoms with Gasteiger partial charge in [0.1, 0.15) is 29.8 Å². The van der Waals surface area contributed by atoms with Crippen molar-refractivity contribution in [3.05, 3.63) is 74.6 Å². The number of rotatable bonds is 4. The molecule has 0 unspecified atom stereocenters. The number of fused-ring (bicyclic) bond motifs is 3. The van der Waals surface area contributed by atoms with Gasteiger partial charge in [0, 0.05) is 24.0 Å². The Morgan fingerprint density at radius 2 is 2.14 bits per heavy atom. The Morgan fingerprint density at radius 3 is 2.90 bits per heavy atom. The zero-order chi connectivity index (χ0) is 20.0. The molecular weight excluding hydrogens is 386 g/mol. The molecule has 0 N–H and O–H groups in total. The van der Waals surface area contributed by atoms with Crippen LogP contribution in [-0.4, -0.2) is 24.0 Å². The van der Waals surface area contributed by atoms with E-state index in [1.54, 1.807) is 17.4 Å². The number of furan rings is 1. The second-order valence-electron chi connectivity index (χ2n) is 7.42. The molecule has 0 atom stereocenters. The smallest absolute Gasteiger partial charge is 0.232 e. The molecule has 4 heterocycles. The van der Waals surface area contributed by atoms with Gasteiger partial charge in [0.25, 0.3) is 0 Å². The van der Waals surface area contributed by atoms with Crippen LogP contribution in [0.3, 0.4) is 0 Å². The Labute approximate surface area is 173 Å². The number of benzene rings is 1. The number of hydrogen-bond donors (Lipinski definition) is 0. The molecule has 6 heteroatoms. The molecule has 3 aromatic rings. The fourth-order valence-electron chi connectivity index (χ4n) is 3.80. The summed E-state index contributed by atoms with van der Waals surface area (Å²) in [6.07, 6.45) is 2.65. The number of allylic oxidation sites excluding steroid dienone is 1. The number of nitrogens with zero attached hydrogens (tertiary/aromatic N) is 1. The molecule has 0 radical (unpaired) electrons. The van der Waals surface area contributed by atoms with Crippen LogP contribution < -0.4 is 9.47 Å². The quantitative estimate of drug-likeness (QED) is 0.572. The van der Waals surface area contributed by atoms with Crippen molar-refractivity contribution in [3.63, 3.8) is 0 Å². The van der Waals surface area contributed by atoms with Crippen LogP contribution >= 0.6 is 11.3 Å². The van der Waals surface area contributed by atoms with Crippen LogP contribution in [0.4, 0.5) is 0 Å². The predicted molar refractivity (Wildman–Crippen MR) is 111 cm³/mol. The van der Waals surface area contributed by atoms with Gasteiger partial charge in [0.05, 0.1) is 11.1 Å². The zero-order valence-corrected chi connectivity index (χ0v) is 17.2. The van der Waals surface area contributed by atoms with E-state index in [2.05, 4.69) is 22.4 Å². The van der Waals surface area contributed by atoms with Crippen LogP contribution in [0.2, 0.25) is 0 Å². The third-order valence-electron chi connectivity index (χ3n) is 5.28. The van der Waals surface area contributed by atoms with Gasteiger partial charge in [-0.3, -0.25) is 9.69 Å². The SMILES string of the molecule is Cc1ccc(/C=C2\Oc3c4c(cc(C)c3C2=O)OCN(CCc2cccs2)C4)o1. The molecule has 1 aromatic carbocycles. The summed E-state index contributed by atoms with van der Waals surface area (Å²) in [4.78, 5) is 16.6. The lowest BCUT2D eigenvalue weighted by molar-refractivity contribution is 0.0951. The van der Waals surface area contributed by atoms with E-state index in [0.29, 0.717) is 36.1 Å². The molecule has 2 aromatic heterocycles. The molecule has 0 fully saturated rings. The van der Waals surface area contributed by atoms with Crippen molar-refractivity contribution in [1.29, 1.82) is 0 Å². The molecule has 0 saturated heterocycles. The normalized spacial score (nSPS) is 17.2. The Bertz CT molecular complexity index is 1110. The largest absolute Gasteiger partial charge is 0.478 e. The third kappa shape index (κ3) is 3.39. The Balaban J connectivity index is 1.43. The molecule has 0 aliphatic carbocycles. The molecule has 2 aliphatic heterocycles. The van der Waals surface area contributed by atoms with Crippen molar-refractivity contribution >= 4 is 23.2 Å². The van der Waals surface area contributed by atoms with Crippen LogP contribution in [0.5, 0.6) is 11.5 Å². The van der Waals surface area contributed by atoms with Crippen molar-refractivity contribution in [2.75, 3.05) is 13.3 Å². The van der Waals surface area contributed by atoms with Crippen LogP contribution in [0.1, 0.15) is 37.9 Å². The summed E-state index contributed by atoms with van der Waals surface area (Å²) >= 11 is 1.77. The van der Waals surface area contributed by atoms with E-state index in [9.17, 15) is 4.79 Å². The van der Waals surface area contributed by atoms with E-state index in [1.165, 1.54) is 4.88 Å². The predicted octanol–water partition coefficient (Wildman–Crippen LogP) is 4.97. The summed E-state index contributed by atoms with van der Waals surface area (Å²) in [5.74, 6) is 3.02. The van der Waals surface area contributed by atoms with Gasteiger partial charge in [0.2, 0.25) is 5.78 Å². The lowest BCUT2D eigenvalue weighted by Crippen LogP contribution is -2.33. The number of carbonyl (C=O) groups is 1. The van der Waals surface area contributed by atoms with E-state index in [1.807, 2.05) is 32.0 Å². The highest BCUT2D eigenvalue weighted by atomic mass is 32.1. The van der Waals surface area contributed by atoms with Gasteiger partial charge < -0.3 is 13.9 Å². The van der Waals surface area contributed by atoms with Crippen molar-refractivity contribution < 1.29 is 18.7 Å². The number of Topliss-reactive ketones (excluding diaryl/α,β-unsaturated/α-hetero) is 1. The number of aryl methyl sites for hydroxylation is 2. The second kappa shape index (κ2) is 7.21. The fraction of sp³-hybridized carbons (Fsp3) is 0.261. The van der Waals surface area contributed by atoms with Crippen LogP contribution in [0, 0.1) is 13.8 Å². The van der Waals surface area contributed by atoms with Gasteiger partial charge in [-0.05, 0) is 55.5 Å². The van der Waals surface area contributed by atoms with Gasteiger partial charge in [-0.1, -0.05) is 6.07 Å². The number of thiophene rings is 1. The van der Waals surface area contributed by atoms with E-state index in [0.717, 1.165) is 35.6 Å². The highest BCUT2D eigenvalue weighted by Gasteiger charge is 2.35. The molecule has 0 saturated carbocycles. The maximum Gasteiger partial charge on any atom is 0.232 e. The minimum absolute atomic E-state index is 0.106. The number of hydrogen-bond acceptors (Lipinski definition) is 6. The van der Waals surface area contributed by atoms with Crippen LogP contribution in [0.15, 0.2) is 45.9 Å². The summed E-state index contributed by atoms with van der Waals surface area (Å²) in [7, 11) is 0. The van der Waals surface area contributed by atoms with Gasteiger partial charge >= 0.3 is 0 Å². The number of ketones is 1. The highest BCUT2D eigenvalue weighted by Crippen LogP contribution is 2.44. The average molecular weight is 407 g/mol. The first-order valence-corrected chi connectivity index (χ1v) is 10.5. The molecule has 5 rings (SSSR count). The van der Waals surface area contributed by atoms with E-state index in [4.69, 9.17) is 13.9 Å². The molecule has 0 bridgehead atoms. The minimum atomic E-state index is -0.106. The summed E-state index contributed by atoms with van der Waals surface area (Å²) < 4.78 is 17.6. The first kappa shape index (κ1) is 18.2. The lowest BCUT2D eigenvalue weighted by Gasteiger charge is -2.30. The lowest BCUT2D eigenvalue weighted by atomic mass is 9.99. The van der Waals surface area contributed by atoms with Gasteiger partial charge in [-0.15, -0.1) is 11.3 Å². The molecule has 29 heavy (non-hydrogen) atoms. The topological polar surface area (TPSA) is 51.9 Å². The first-order chi connectivity index (χ1) is 14.1. The third-order valence-corrected chi connectivity index (χ3v) is 6.21. The monoisotopic (exact) mass is 407 g/mol. The standard InChI is InChI=1S/C23H21NO4S/c1-14-10-19-18(12-24(13-26-19)8-7-17-4-3-9-29-17)23-21(14)22(25)20(28-23)11-16-6-5-15(2)27-16/h3-6,9-11H,7-8,12-13H2,1-2H3/b20-11-. The highest BCUT2D eigenvalue weighted by molar-refractivity contribution is 7.09. The van der Waals surface area contributed by atoms with Gasteiger partial charge in [0.15, 0.2) is 5.76 Å². The van der Waals surface area contributed by atoms with E-state index in [-0.39, 0.29) is 5.78 Å². The summed E-state index contributed by atoms with van der Waals surface area (Å²) in [6.45, 7) is 5.93. The molecule has 148 valence electrons. The first-order valence-electron chi connectivity index (χ1n) is 9.63. The number of carbonyl (C=O) groups excluding carboxylic acids is 1. The summed E-state index contributed by atoms with van der Waals surface area (Å²) in [5, 5.41) is 2.10. The molecule has 0 spiro atoms. The van der Waals surface area contributed by atoms with Crippen molar-refractivity contribution in [2.45, 2.75) is 26.8 Å². The molecule has 5 nitrogen and oxygen atoms in total. The Hall–Kier alpha value is -2.83. The molecule has 0 amide bonds. The maximum atomic E-state index is 13.0. The van der Waals surface area contributed by atoms with Gasteiger partial charge in [-0.25, -0.2) is 0 Å². The second-order valence-corrected chi connectivity index (χ2v) is 8.45. The van der Waals surface area contributed by atoms with Crippen molar-refractivity contribution in [2.24, 2.45) is 0 Å². The Kier molecular flexibility index (Phi) is 4.53. The Morgan fingerprint density at radius 1 is 1.24 bits per heavy atom. The molecular formula is C23H21NO4S. The maximum absolute atomic E-state index is 13.0.